The van der Waals surface area contributed by atoms with Crippen LogP contribution in [0.15, 0.2) is 59.1 Å². The Morgan fingerprint density at radius 2 is 1.65 bits per heavy atom. The molecule has 1 aliphatic heterocycles. The third kappa shape index (κ3) is 4.85. The first-order valence-corrected chi connectivity index (χ1v) is 11.0. The van der Waals surface area contributed by atoms with E-state index in [0.717, 1.165) is 10.2 Å². The summed E-state index contributed by atoms with van der Waals surface area (Å²) in [5, 5.41) is 12.3. The quantitative estimate of drug-likeness (QED) is 0.688. The van der Waals surface area contributed by atoms with E-state index in [0.29, 0.717) is 31.5 Å². The summed E-state index contributed by atoms with van der Waals surface area (Å²) in [7, 11) is -3.58. The molecule has 1 atom stereocenters. The van der Waals surface area contributed by atoms with E-state index in [-0.39, 0.29) is 6.10 Å². The second kappa shape index (κ2) is 8.52. The fourth-order valence-electron chi connectivity index (χ4n) is 3.01. The summed E-state index contributed by atoms with van der Waals surface area (Å²) in [5.41, 5.74) is 0.503. The molecule has 139 valence electrons. The van der Waals surface area contributed by atoms with Crippen LogP contribution < -0.4 is 4.74 Å². The summed E-state index contributed by atoms with van der Waals surface area (Å²) in [4.78, 5) is 0. The molecule has 1 unspecified atom stereocenters. The van der Waals surface area contributed by atoms with Crippen LogP contribution in [0.5, 0.6) is 5.75 Å². The third-order valence-electron chi connectivity index (χ3n) is 4.46. The lowest BCUT2D eigenvalue weighted by atomic mass is 10.1. The Hall–Kier alpha value is -1.41. The lowest BCUT2D eigenvalue weighted by Gasteiger charge is -2.32. The smallest absolute Gasteiger partial charge is 0.217 e. The minimum absolute atomic E-state index is 0.0303. The van der Waals surface area contributed by atoms with Crippen LogP contribution in [-0.4, -0.2) is 37.7 Å². The van der Waals surface area contributed by atoms with Gasteiger partial charge in [-0.1, -0.05) is 42.5 Å². The summed E-state index contributed by atoms with van der Waals surface area (Å²) >= 11 is 3.45. The van der Waals surface area contributed by atoms with E-state index in [4.69, 9.17) is 4.74 Å². The maximum Gasteiger partial charge on any atom is 0.217 e. The van der Waals surface area contributed by atoms with Crippen LogP contribution in [0.3, 0.4) is 0 Å². The van der Waals surface area contributed by atoms with E-state index in [2.05, 4.69) is 15.9 Å². The van der Waals surface area contributed by atoms with E-state index in [9.17, 15) is 13.5 Å². The normalized spacial score (nSPS) is 17.8. The zero-order valence-corrected chi connectivity index (χ0v) is 16.7. The minimum Gasteiger partial charge on any atom is -0.489 e. The van der Waals surface area contributed by atoms with Crippen molar-refractivity contribution < 1.29 is 18.3 Å². The summed E-state index contributed by atoms with van der Waals surface area (Å²) in [6, 6.07) is 16.3. The van der Waals surface area contributed by atoms with Gasteiger partial charge in [-0.25, -0.2) is 17.8 Å². The maximum absolute atomic E-state index is 12.6. The first-order chi connectivity index (χ1) is 12.5. The monoisotopic (exact) mass is 438 g/mol. The molecular weight excluding hydrogens is 418 g/mol. The number of halogens is 1. The van der Waals surface area contributed by atoms with E-state index < -0.39 is 21.9 Å². The summed E-state index contributed by atoms with van der Waals surface area (Å²) < 4.78 is 33.4. The van der Waals surface area contributed by atoms with Gasteiger partial charge < -0.3 is 4.74 Å². The lowest BCUT2D eigenvalue weighted by Crippen LogP contribution is -2.43. The number of para-hydroxylation sites is 1. The van der Waals surface area contributed by atoms with Gasteiger partial charge in [0.05, 0.1) is 10.2 Å². The number of sulfonamides is 1. The summed E-state index contributed by atoms with van der Waals surface area (Å²) in [6.45, 7) is 0.748. The van der Waals surface area contributed by atoms with E-state index in [1.54, 1.807) is 30.3 Å². The molecule has 2 aromatic rings. The van der Waals surface area contributed by atoms with Crippen molar-refractivity contribution in [1.82, 2.24) is 4.31 Å². The lowest BCUT2D eigenvalue weighted by molar-refractivity contribution is 0.105. The van der Waals surface area contributed by atoms with Gasteiger partial charge in [0, 0.05) is 13.1 Å². The Morgan fingerprint density at radius 3 is 2.31 bits per heavy atom. The van der Waals surface area contributed by atoms with Gasteiger partial charge in [0.1, 0.15) is 18.0 Å². The fourth-order valence-corrected chi connectivity index (χ4v) is 4.94. The Labute approximate surface area is 162 Å². The molecule has 0 amide bonds. The molecule has 0 aromatic heterocycles. The predicted octanol–water partition coefficient (Wildman–Crippen LogP) is 3.79. The molecular formula is C19H21BrNO4S. The van der Waals surface area contributed by atoms with Crippen LogP contribution in [0.1, 0.15) is 24.5 Å². The molecule has 1 aliphatic rings. The average Bonchev–Trinajstić information content (AvgIpc) is 2.64. The highest BCUT2D eigenvalue weighted by Gasteiger charge is 2.31. The van der Waals surface area contributed by atoms with E-state index >= 15 is 0 Å². The molecule has 5 nitrogen and oxygen atoms in total. The molecule has 3 rings (SSSR count). The van der Waals surface area contributed by atoms with Gasteiger partial charge in [0.25, 0.3) is 0 Å². The number of benzene rings is 2. The largest absolute Gasteiger partial charge is 0.489 e. The van der Waals surface area contributed by atoms with Gasteiger partial charge in [0.15, 0.2) is 0 Å². The van der Waals surface area contributed by atoms with Crippen molar-refractivity contribution in [2.75, 3.05) is 18.8 Å². The number of ether oxygens (including phenoxy) is 1. The SMILES string of the molecule is [O]C(CS(=O)(=O)N1CCC(Oc2ccccc2Br)CC1)c1ccccc1. The molecule has 0 spiro atoms. The standard InChI is InChI=1S/C19H21BrNO4S/c20-17-8-4-5-9-19(17)25-16-10-12-21(13-11-16)26(23,24)14-18(22)15-6-2-1-3-7-15/h1-9,16,18H,10-14H2. The molecule has 1 radical (unpaired) electrons. The molecule has 0 aliphatic carbocycles. The third-order valence-corrected chi connectivity index (χ3v) is 6.99. The molecule has 1 heterocycles. The van der Waals surface area contributed by atoms with Crippen LogP contribution >= 0.6 is 15.9 Å². The summed E-state index contributed by atoms with van der Waals surface area (Å²) in [5.74, 6) is 0.352. The Kier molecular flexibility index (Phi) is 6.34. The fraction of sp³-hybridized carbons (Fsp3) is 0.368. The van der Waals surface area contributed by atoms with E-state index in [1.807, 2.05) is 24.3 Å². The number of hydrogen-bond acceptors (Lipinski definition) is 3. The second-order valence-electron chi connectivity index (χ2n) is 6.32. The molecule has 0 N–H and O–H groups in total. The Bertz CT molecular complexity index is 820. The molecule has 1 saturated heterocycles. The van der Waals surface area contributed by atoms with Crippen molar-refractivity contribution in [3.05, 3.63) is 64.6 Å². The van der Waals surface area contributed by atoms with Crippen molar-refractivity contribution in [2.45, 2.75) is 25.0 Å². The van der Waals surface area contributed by atoms with Crippen LogP contribution in [-0.2, 0) is 15.1 Å². The zero-order valence-electron chi connectivity index (χ0n) is 14.3. The van der Waals surface area contributed by atoms with Crippen LogP contribution in [0, 0.1) is 0 Å². The molecule has 7 heteroatoms. The van der Waals surface area contributed by atoms with Gasteiger partial charge in [0.2, 0.25) is 10.0 Å². The highest BCUT2D eigenvalue weighted by Crippen LogP contribution is 2.28. The second-order valence-corrected chi connectivity index (χ2v) is 9.19. The molecule has 26 heavy (non-hydrogen) atoms. The number of piperidine rings is 1. The highest BCUT2D eigenvalue weighted by atomic mass is 79.9. The predicted molar refractivity (Wildman–Crippen MR) is 103 cm³/mol. The van der Waals surface area contributed by atoms with Gasteiger partial charge in [-0.15, -0.1) is 0 Å². The minimum atomic E-state index is -3.58. The van der Waals surface area contributed by atoms with E-state index in [1.165, 1.54) is 4.31 Å². The van der Waals surface area contributed by atoms with Crippen LogP contribution in [0.25, 0.3) is 0 Å². The number of rotatable bonds is 6. The van der Waals surface area contributed by atoms with Crippen molar-refractivity contribution in [3.8, 4) is 5.75 Å². The van der Waals surface area contributed by atoms with Crippen LogP contribution in [0.2, 0.25) is 0 Å². The Balaban J connectivity index is 1.56. The molecule has 0 saturated carbocycles. The Morgan fingerprint density at radius 1 is 1.04 bits per heavy atom. The van der Waals surface area contributed by atoms with Gasteiger partial charge in [-0.05, 0) is 46.5 Å². The molecule has 0 bridgehead atoms. The summed E-state index contributed by atoms with van der Waals surface area (Å²) in [6.07, 6.45) is -0.0852. The van der Waals surface area contributed by atoms with Crippen molar-refractivity contribution in [1.29, 1.82) is 0 Å². The highest BCUT2D eigenvalue weighted by molar-refractivity contribution is 9.10. The number of hydrogen-bond donors (Lipinski definition) is 0. The van der Waals surface area contributed by atoms with Crippen molar-refractivity contribution in [3.63, 3.8) is 0 Å². The maximum atomic E-state index is 12.6. The van der Waals surface area contributed by atoms with Crippen LogP contribution in [0.4, 0.5) is 0 Å². The molecule has 1 fully saturated rings. The van der Waals surface area contributed by atoms with Crippen molar-refractivity contribution >= 4 is 26.0 Å². The van der Waals surface area contributed by atoms with Crippen molar-refractivity contribution in [2.24, 2.45) is 0 Å². The first kappa shape index (κ1) is 19.4. The topological polar surface area (TPSA) is 66.5 Å². The molecule has 2 aromatic carbocycles. The van der Waals surface area contributed by atoms with Gasteiger partial charge in [-0.3, -0.25) is 0 Å². The van der Waals surface area contributed by atoms with Gasteiger partial charge >= 0.3 is 0 Å². The first-order valence-electron chi connectivity index (χ1n) is 8.55. The van der Waals surface area contributed by atoms with Gasteiger partial charge in [-0.2, -0.15) is 0 Å². The average molecular weight is 439 g/mol. The zero-order chi connectivity index (χ0) is 18.6. The number of nitrogens with zero attached hydrogens (tertiary/aromatic N) is 1.